The Morgan fingerprint density at radius 2 is 1.00 bits per heavy atom. The molecule has 0 fully saturated rings. The van der Waals surface area contributed by atoms with Gasteiger partial charge in [-0.05, 0) is 62.1 Å². The van der Waals surface area contributed by atoms with Gasteiger partial charge in [0.2, 0.25) is 0 Å². The van der Waals surface area contributed by atoms with Gasteiger partial charge in [-0.15, -0.1) is 0 Å². The number of aryl methyl sites for hydroxylation is 1. The van der Waals surface area contributed by atoms with Gasteiger partial charge in [0.05, 0.1) is 0 Å². The molecule has 0 saturated heterocycles. The highest BCUT2D eigenvalue weighted by Crippen LogP contribution is 2.19. The minimum Gasteiger partial charge on any atom is -0.0628 e. The van der Waals surface area contributed by atoms with Crippen LogP contribution in [0.15, 0.2) is 84.9 Å². The van der Waals surface area contributed by atoms with Crippen molar-refractivity contribution in [2.24, 2.45) is 5.92 Å². The molecule has 162 valence electrons. The first-order valence-electron chi connectivity index (χ1n) is 9.88. The van der Waals surface area contributed by atoms with E-state index in [1.54, 1.807) is 0 Å². The summed E-state index contributed by atoms with van der Waals surface area (Å²) in [5, 5.41) is 4.10. The van der Waals surface area contributed by atoms with Crippen molar-refractivity contribution in [3.63, 3.8) is 0 Å². The third kappa shape index (κ3) is 14.5. The standard InChI is InChI=1S/C12H18BrP.2C6H6BrP/c1-10(2)4-3-5-11-6-8-12(14-13)9-7-11;2*7-8-6-4-2-1-3-5-6/h6-10,14H,3-5H2,1-2H3;2*1-5,8H. The molecule has 0 heterocycles. The zero-order chi connectivity index (χ0) is 22.0. The maximum Gasteiger partial charge on any atom is -0.0161 e. The van der Waals surface area contributed by atoms with E-state index in [-0.39, 0.29) is 0 Å². The topological polar surface area (TPSA) is 0 Å². The summed E-state index contributed by atoms with van der Waals surface area (Å²) in [6.45, 7) is 4.57. The lowest BCUT2D eigenvalue weighted by Gasteiger charge is -2.04. The van der Waals surface area contributed by atoms with Gasteiger partial charge in [-0.2, -0.15) is 0 Å². The van der Waals surface area contributed by atoms with Crippen LogP contribution in [0.25, 0.3) is 0 Å². The van der Waals surface area contributed by atoms with Crippen molar-refractivity contribution in [2.45, 2.75) is 33.1 Å². The normalized spacial score (nSPS) is 11.1. The molecule has 0 aromatic heterocycles. The van der Waals surface area contributed by atoms with Crippen LogP contribution in [0.2, 0.25) is 0 Å². The average Bonchev–Trinajstić information content (AvgIpc) is 2.81. The van der Waals surface area contributed by atoms with Crippen LogP contribution in [0, 0.1) is 5.92 Å². The predicted molar refractivity (Wildman–Crippen MR) is 158 cm³/mol. The van der Waals surface area contributed by atoms with Crippen molar-refractivity contribution >= 4 is 84.2 Å². The lowest BCUT2D eigenvalue weighted by molar-refractivity contribution is 0.556. The van der Waals surface area contributed by atoms with Crippen LogP contribution in [0.5, 0.6) is 0 Å². The van der Waals surface area contributed by atoms with E-state index in [1.165, 1.54) is 40.7 Å². The lowest BCUT2D eigenvalue weighted by Crippen LogP contribution is -1.94. The highest BCUT2D eigenvalue weighted by molar-refractivity contribution is 9.37. The van der Waals surface area contributed by atoms with Crippen LogP contribution in [0.3, 0.4) is 0 Å². The molecule has 3 atom stereocenters. The molecule has 0 nitrogen and oxygen atoms in total. The van der Waals surface area contributed by atoms with Gasteiger partial charge in [0.25, 0.3) is 0 Å². The van der Waals surface area contributed by atoms with Gasteiger partial charge in [-0.1, -0.05) is 152 Å². The van der Waals surface area contributed by atoms with Crippen molar-refractivity contribution in [1.29, 1.82) is 0 Å². The van der Waals surface area contributed by atoms with Gasteiger partial charge in [0.15, 0.2) is 0 Å². The summed E-state index contributed by atoms with van der Waals surface area (Å²) in [5.74, 6) is 0.832. The Labute approximate surface area is 212 Å². The molecule has 0 radical (unpaired) electrons. The Morgan fingerprint density at radius 3 is 1.33 bits per heavy atom. The van der Waals surface area contributed by atoms with Gasteiger partial charge in [0.1, 0.15) is 0 Å². The molecule has 3 unspecified atom stereocenters. The minimum absolute atomic E-state index is 0.737. The molecular formula is C24H30Br3P3. The van der Waals surface area contributed by atoms with Gasteiger partial charge < -0.3 is 0 Å². The molecule has 6 heteroatoms. The minimum atomic E-state index is 0.737. The van der Waals surface area contributed by atoms with Crippen LogP contribution in [0.1, 0.15) is 32.3 Å². The average molecular weight is 651 g/mol. The molecular weight excluding hydrogens is 621 g/mol. The van der Waals surface area contributed by atoms with Crippen LogP contribution in [0.4, 0.5) is 0 Å². The Kier molecular flexibility index (Phi) is 17.9. The van der Waals surface area contributed by atoms with Gasteiger partial charge in [0, 0.05) is 0 Å². The largest absolute Gasteiger partial charge is 0.0628 e. The quantitative estimate of drug-likeness (QED) is 0.224. The zero-order valence-corrected chi connectivity index (χ0v) is 25.2. The summed E-state index contributed by atoms with van der Waals surface area (Å²) in [6, 6.07) is 29.6. The number of benzene rings is 3. The number of hydrogen-bond acceptors (Lipinski definition) is 0. The Balaban J connectivity index is 0.000000240. The number of halogens is 3. The van der Waals surface area contributed by atoms with E-state index in [9.17, 15) is 0 Å². The molecule has 0 amide bonds. The molecule has 0 aliphatic rings. The van der Waals surface area contributed by atoms with E-state index < -0.39 is 0 Å². The molecule has 3 rings (SSSR count). The molecule has 30 heavy (non-hydrogen) atoms. The number of hydrogen-bond donors (Lipinski definition) is 0. The third-order valence-electron chi connectivity index (χ3n) is 4.08. The number of rotatable bonds is 7. The fourth-order valence-corrected chi connectivity index (χ4v) is 5.76. The second-order valence-electron chi connectivity index (χ2n) is 7.00. The second kappa shape index (κ2) is 18.9. The van der Waals surface area contributed by atoms with Crippen LogP contribution in [-0.2, 0) is 6.42 Å². The first-order valence-corrected chi connectivity index (χ1v) is 19.6. The summed E-state index contributed by atoms with van der Waals surface area (Å²) >= 11 is 10.3. The maximum absolute atomic E-state index is 3.48. The molecule has 0 aliphatic heterocycles. The Bertz CT molecular complexity index is 727. The Hall–Kier alpha value is 0.390. The van der Waals surface area contributed by atoms with Crippen LogP contribution >= 0.6 is 68.3 Å². The summed E-state index contributed by atoms with van der Waals surface area (Å²) in [7, 11) is 2.22. The smallest absolute Gasteiger partial charge is 0.0161 e. The summed E-state index contributed by atoms with van der Waals surface area (Å²) in [6.07, 6.45) is 3.87. The van der Waals surface area contributed by atoms with Crippen LogP contribution < -0.4 is 15.9 Å². The Morgan fingerprint density at radius 1 is 0.600 bits per heavy atom. The molecule has 0 aliphatic carbocycles. The molecule has 0 spiro atoms. The van der Waals surface area contributed by atoms with Gasteiger partial charge in [-0.3, -0.25) is 0 Å². The van der Waals surface area contributed by atoms with E-state index in [4.69, 9.17) is 0 Å². The first-order chi connectivity index (χ1) is 14.6. The van der Waals surface area contributed by atoms with E-state index in [1.807, 2.05) is 36.4 Å². The monoisotopic (exact) mass is 648 g/mol. The molecule has 0 N–H and O–H groups in total. The van der Waals surface area contributed by atoms with Crippen molar-refractivity contribution < 1.29 is 0 Å². The SMILES string of the molecule is BrPc1ccccc1.BrPc1ccccc1.CC(C)CCCc1ccc(PBr)cc1. The van der Waals surface area contributed by atoms with Gasteiger partial charge >= 0.3 is 0 Å². The van der Waals surface area contributed by atoms with Crippen molar-refractivity contribution in [3.05, 3.63) is 90.5 Å². The third-order valence-corrected chi connectivity index (χ3v) is 9.85. The fraction of sp³-hybridized carbons (Fsp3) is 0.250. The van der Waals surface area contributed by atoms with Crippen molar-refractivity contribution in [1.82, 2.24) is 0 Å². The van der Waals surface area contributed by atoms with Crippen molar-refractivity contribution in [3.8, 4) is 0 Å². The van der Waals surface area contributed by atoms with Crippen molar-refractivity contribution in [2.75, 3.05) is 0 Å². The van der Waals surface area contributed by atoms with Crippen LogP contribution in [-0.4, -0.2) is 0 Å². The van der Waals surface area contributed by atoms with E-state index in [0.29, 0.717) is 0 Å². The molecule has 3 aromatic carbocycles. The van der Waals surface area contributed by atoms with E-state index in [0.717, 1.165) is 27.8 Å². The second-order valence-corrected chi connectivity index (χ2v) is 12.9. The zero-order valence-electron chi connectivity index (χ0n) is 17.4. The summed E-state index contributed by atoms with van der Waals surface area (Å²) < 4.78 is 0. The highest BCUT2D eigenvalue weighted by Gasteiger charge is 1.96. The lowest BCUT2D eigenvalue weighted by atomic mass is 10.0. The molecule has 0 saturated carbocycles. The molecule has 0 bridgehead atoms. The maximum atomic E-state index is 3.48. The predicted octanol–water partition coefficient (Wildman–Crippen LogP) is 8.88. The highest BCUT2D eigenvalue weighted by atomic mass is 79.9. The van der Waals surface area contributed by atoms with E-state index in [2.05, 4.69) is 109 Å². The fourth-order valence-electron chi connectivity index (χ4n) is 2.45. The molecule has 3 aromatic rings. The van der Waals surface area contributed by atoms with E-state index >= 15 is 0 Å². The summed E-state index contributed by atoms with van der Waals surface area (Å²) in [5.41, 5.74) is 1.47. The van der Waals surface area contributed by atoms with Gasteiger partial charge in [-0.25, -0.2) is 0 Å². The first kappa shape index (κ1) is 28.4. The summed E-state index contributed by atoms with van der Waals surface area (Å²) in [4.78, 5) is 0.